The Bertz CT molecular complexity index is 229. The predicted octanol–water partition coefficient (Wildman–Crippen LogP) is 0.808. The van der Waals surface area contributed by atoms with E-state index < -0.39 is 5.92 Å². The molecule has 3 heteroatoms. The molecule has 66 valence electrons. The minimum Gasteiger partial charge on any atom is -0.297 e. The van der Waals surface area contributed by atoms with Crippen molar-refractivity contribution in [2.24, 2.45) is 5.92 Å². The van der Waals surface area contributed by atoms with Crippen molar-refractivity contribution in [3.05, 3.63) is 0 Å². The summed E-state index contributed by atoms with van der Waals surface area (Å²) in [5.74, 6) is -0.342. The minimum atomic E-state index is -0.410. The van der Waals surface area contributed by atoms with E-state index in [4.69, 9.17) is 5.26 Å². The molecule has 0 N–H and O–H groups in total. The number of carbonyl (C=O) groups is 1. The Hall–Kier alpha value is -0.880. The Morgan fingerprint density at radius 3 is 2.50 bits per heavy atom. The van der Waals surface area contributed by atoms with Gasteiger partial charge in [0.05, 0.1) is 12.6 Å². The third kappa shape index (κ3) is 1.35. The highest BCUT2D eigenvalue weighted by atomic mass is 16.1. The molecule has 12 heavy (non-hydrogen) atoms. The monoisotopic (exact) mass is 166 g/mol. The van der Waals surface area contributed by atoms with E-state index in [2.05, 4.69) is 11.0 Å². The lowest BCUT2D eigenvalue weighted by atomic mass is 10.0. The zero-order valence-corrected chi connectivity index (χ0v) is 7.74. The van der Waals surface area contributed by atoms with Crippen molar-refractivity contribution >= 4 is 5.78 Å². The highest BCUT2D eigenvalue weighted by Gasteiger charge is 2.38. The number of rotatable bonds is 1. The van der Waals surface area contributed by atoms with Crippen LogP contribution in [0.2, 0.25) is 0 Å². The zero-order valence-electron chi connectivity index (χ0n) is 7.74. The van der Waals surface area contributed by atoms with E-state index in [1.54, 1.807) is 0 Å². The number of hydrogen-bond acceptors (Lipinski definition) is 3. The van der Waals surface area contributed by atoms with E-state index in [1.165, 1.54) is 0 Å². The summed E-state index contributed by atoms with van der Waals surface area (Å²) in [4.78, 5) is 13.3. The summed E-state index contributed by atoms with van der Waals surface area (Å²) >= 11 is 0. The second-order valence-corrected chi connectivity index (χ2v) is 3.58. The number of nitriles is 1. The van der Waals surface area contributed by atoms with Crippen LogP contribution in [0.5, 0.6) is 0 Å². The van der Waals surface area contributed by atoms with Gasteiger partial charge in [-0.25, -0.2) is 0 Å². The first-order valence-electron chi connectivity index (χ1n) is 4.26. The van der Waals surface area contributed by atoms with Crippen LogP contribution in [0.15, 0.2) is 0 Å². The summed E-state index contributed by atoms with van der Waals surface area (Å²) in [7, 11) is 0. The van der Waals surface area contributed by atoms with Crippen molar-refractivity contribution in [1.82, 2.24) is 4.90 Å². The molecule has 1 rings (SSSR count). The molecule has 2 unspecified atom stereocenters. The van der Waals surface area contributed by atoms with E-state index in [9.17, 15) is 4.79 Å². The maximum atomic E-state index is 11.3. The molecule has 0 aromatic rings. The first kappa shape index (κ1) is 9.21. The molecule has 0 aromatic carbocycles. The zero-order chi connectivity index (χ0) is 9.30. The van der Waals surface area contributed by atoms with Gasteiger partial charge in [0.2, 0.25) is 0 Å². The molecule has 0 amide bonds. The molecule has 1 aliphatic rings. The average molecular weight is 166 g/mol. The molecule has 0 radical (unpaired) electrons. The van der Waals surface area contributed by atoms with E-state index in [0.29, 0.717) is 12.6 Å². The third-order valence-corrected chi connectivity index (χ3v) is 2.49. The van der Waals surface area contributed by atoms with Crippen molar-refractivity contribution in [1.29, 1.82) is 5.26 Å². The van der Waals surface area contributed by atoms with Crippen LogP contribution in [0.1, 0.15) is 20.8 Å². The molecule has 0 aliphatic carbocycles. The van der Waals surface area contributed by atoms with Crippen molar-refractivity contribution in [3.8, 4) is 6.07 Å². The van der Waals surface area contributed by atoms with Gasteiger partial charge in [-0.3, -0.25) is 9.69 Å². The summed E-state index contributed by atoms with van der Waals surface area (Å²) in [6.45, 7) is 6.48. The number of likely N-dealkylation sites (tertiary alicyclic amines) is 1. The minimum absolute atomic E-state index is 0.0682. The van der Waals surface area contributed by atoms with Crippen molar-refractivity contribution in [2.45, 2.75) is 32.9 Å². The van der Waals surface area contributed by atoms with Crippen LogP contribution in [0, 0.1) is 17.2 Å². The number of ketones is 1. The van der Waals surface area contributed by atoms with E-state index in [1.807, 2.05) is 20.8 Å². The molecule has 1 saturated heterocycles. The Morgan fingerprint density at radius 1 is 1.67 bits per heavy atom. The lowest BCUT2D eigenvalue weighted by molar-refractivity contribution is -0.118. The van der Waals surface area contributed by atoms with Crippen molar-refractivity contribution in [3.63, 3.8) is 0 Å². The predicted molar refractivity (Wildman–Crippen MR) is 45.4 cm³/mol. The number of hydrogen-bond donors (Lipinski definition) is 0. The first-order chi connectivity index (χ1) is 5.57. The van der Waals surface area contributed by atoms with Gasteiger partial charge in [-0.2, -0.15) is 5.26 Å². The molecular weight excluding hydrogens is 152 g/mol. The SMILES string of the molecule is CC(C)N1CC(=O)C(C#N)C1C. The van der Waals surface area contributed by atoms with Crippen LogP contribution < -0.4 is 0 Å². The fourth-order valence-electron chi connectivity index (χ4n) is 1.72. The average Bonchev–Trinajstić information content (AvgIpc) is 2.27. The van der Waals surface area contributed by atoms with Gasteiger partial charge >= 0.3 is 0 Å². The Balaban J connectivity index is 2.77. The van der Waals surface area contributed by atoms with Gasteiger partial charge in [-0.15, -0.1) is 0 Å². The van der Waals surface area contributed by atoms with Crippen LogP contribution in [-0.4, -0.2) is 29.3 Å². The summed E-state index contributed by atoms with van der Waals surface area (Å²) in [5.41, 5.74) is 0. The van der Waals surface area contributed by atoms with Gasteiger partial charge in [0.15, 0.2) is 5.78 Å². The van der Waals surface area contributed by atoms with E-state index in [-0.39, 0.29) is 11.8 Å². The molecule has 1 fully saturated rings. The first-order valence-corrected chi connectivity index (χ1v) is 4.26. The number of Topliss-reactive ketones (excluding diaryl/α,β-unsaturated/α-hetero) is 1. The standard InChI is InChI=1S/C9H14N2O/c1-6(2)11-5-9(12)8(4-10)7(11)3/h6-8H,5H2,1-3H3. The second-order valence-electron chi connectivity index (χ2n) is 3.58. The molecule has 3 nitrogen and oxygen atoms in total. The molecule has 0 aromatic heterocycles. The van der Waals surface area contributed by atoms with Gasteiger partial charge < -0.3 is 0 Å². The smallest absolute Gasteiger partial charge is 0.165 e. The van der Waals surface area contributed by atoms with Gasteiger partial charge in [-0.05, 0) is 20.8 Å². The summed E-state index contributed by atoms with van der Waals surface area (Å²) in [6, 6.07) is 2.49. The van der Waals surface area contributed by atoms with Gasteiger partial charge in [0.1, 0.15) is 5.92 Å². The van der Waals surface area contributed by atoms with E-state index in [0.717, 1.165) is 0 Å². The van der Waals surface area contributed by atoms with Gasteiger partial charge in [-0.1, -0.05) is 0 Å². The molecular formula is C9H14N2O. The molecule has 0 spiro atoms. The molecule has 1 heterocycles. The molecule has 1 aliphatic heterocycles. The van der Waals surface area contributed by atoms with E-state index >= 15 is 0 Å². The van der Waals surface area contributed by atoms with Gasteiger partial charge in [0, 0.05) is 12.1 Å². The maximum absolute atomic E-state index is 11.3. The van der Waals surface area contributed by atoms with Crippen LogP contribution in [0.4, 0.5) is 0 Å². The normalized spacial score (nSPS) is 31.1. The maximum Gasteiger partial charge on any atom is 0.165 e. The quantitative estimate of drug-likeness (QED) is 0.579. The fourth-order valence-corrected chi connectivity index (χ4v) is 1.72. The summed E-state index contributed by atoms with van der Waals surface area (Å²) in [6.07, 6.45) is 0. The Labute approximate surface area is 73.0 Å². The fraction of sp³-hybridized carbons (Fsp3) is 0.778. The Morgan fingerprint density at radius 2 is 2.25 bits per heavy atom. The van der Waals surface area contributed by atoms with Crippen LogP contribution in [0.25, 0.3) is 0 Å². The highest BCUT2D eigenvalue weighted by molar-refractivity contribution is 5.88. The number of carbonyl (C=O) groups excluding carboxylic acids is 1. The lowest BCUT2D eigenvalue weighted by Gasteiger charge is -2.24. The molecule has 0 saturated carbocycles. The van der Waals surface area contributed by atoms with Crippen molar-refractivity contribution < 1.29 is 4.79 Å². The lowest BCUT2D eigenvalue weighted by Crippen LogP contribution is -2.35. The van der Waals surface area contributed by atoms with Crippen LogP contribution in [-0.2, 0) is 4.79 Å². The topological polar surface area (TPSA) is 44.1 Å². The highest BCUT2D eigenvalue weighted by Crippen LogP contribution is 2.22. The third-order valence-electron chi connectivity index (χ3n) is 2.49. The second kappa shape index (κ2) is 3.24. The summed E-state index contributed by atoms with van der Waals surface area (Å²) < 4.78 is 0. The largest absolute Gasteiger partial charge is 0.297 e. The summed E-state index contributed by atoms with van der Waals surface area (Å²) in [5, 5.41) is 8.71. The van der Waals surface area contributed by atoms with Crippen LogP contribution in [0.3, 0.4) is 0 Å². The van der Waals surface area contributed by atoms with Crippen LogP contribution >= 0.6 is 0 Å². The molecule has 0 bridgehead atoms. The Kier molecular flexibility index (Phi) is 2.49. The van der Waals surface area contributed by atoms with Gasteiger partial charge in [0.25, 0.3) is 0 Å². The van der Waals surface area contributed by atoms with Crippen molar-refractivity contribution in [2.75, 3.05) is 6.54 Å². The molecule has 2 atom stereocenters. The number of nitrogens with zero attached hydrogens (tertiary/aromatic N) is 2.